The summed E-state index contributed by atoms with van der Waals surface area (Å²) in [6.07, 6.45) is 2.22. The molecule has 0 aromatic heterocycles. The molecule has 0 bridgehead atoms. The lowest BCUT2D eigenvalue weighted by Crippen LogP contribution is -2.26. The van der Waals surface area contributed by atoms with Crippen molar-refractivity contribution in [2.24, 2.45) is 0 Å². The van der Waals surface area contributed by atoms with Gasteiger partial charge in [0.2, 0.25) is 0 Å². The Morgan fingerprint density at radius 2 is 1.23 bits per heavy atom. The van der Waals surface area contributed by atoms with Gasteiger partial charge in [0.15, 0.2) is 0 Å². The average Bonchev–Trinajstić information content (AvgIpc) is 2.73. The van der Waals surface area contributed by atoms with Crippen LogP contribution in [0, 0.1) is 0 Å². The Kier molecular flexibility index (Phi) is 7.39. The largest absolute Gasteiger partial charge is 0.394 e. The molecule has 0 saturated carbocycles. The van der Waals surface area contributed by atoms with Crippen molar-refractivity contribution >= 4 is 18.5 Å². The van der Waals surface area contributed by atoms with Gasteiger partial charge in [-0.3, -0.25) is 0 Å². The van der Waals surface area contributed by atoms with E-state index < -0.39 is 0 Å². The minimum atomic E-state index is -0.343. The van der Waals surface area contributed by atoms with Crippen molar-refractivity contribution in [1.82, 2.24) is 5.32 Å². The Bertz CT molecular complexity index is 709. The lowest BCUT2D eigenvalue weighted by Gasteiger charge is -2.20. The molecule has 0 aliphatic carbocycles. The number of aliphatic hydroxyl groups is 1. The van der Waals surface area contributed by atoms with Crippen LogP contribution in [0.4, 0.5) is 0 Å². The zero-order valence-corrected chi connectivity index (χ0v) is 15.9. The zero-order valence-electron chi connectivity index (χ0n) is 15.0. The molecule has 0 amide bonds. The van der Waals surface area contributed by atoms with E-state index in [9.17, 15) is 5.11 Å². The molecule has 26 heavy (non-hydrogen) atoms. The maximum absolute atomic E-state index is 9.69. The minimum absolute atomic E-state index is 0.0101. The quantitative estimate of drug-likeness (QED) is 0.447. The molecule has 0 aliphatic rings. The zero-order chi connectivity index (χ0) is 18.0. The van der Waals surface area contributed by atoms with Crippen LogP contribution in [0.2, 0.25) is 0 Å². The first kappa shape index (κ1) is 18.8. The molecule has 2 N–H and O–H groups in total. The number of benzene rings is 3. The fourth-order valence-electron chi connectivity index (χ4n) is 3.11. The number of aliphatic hydroxyl groups excluding tert-OH is 1. The van der Waals surface area contributed by atoms with Gasteiger partial charge in [0.05, 0.1) is 12.6 Å². The van der Waals surface area contributed by atoms with E-state index in [0.29, 0.717) is 0 Å². The van der Waals surface area contributed by atoms with Crippen LogP contribution in [-0.4, -0.2) is 24.4 Å². The second-order valence-corrected chi connectivity index (χ2v) is 8.61. The van der Waals surface area contributed by atoms with E-state index >= 15 is 0 Å². The SMILES string of the molecule is OC[C@H](NCCCP(c1ccccc1)c1ccccc1)c1ccccc1. The molecule has 134 valence electrons. The molecule has 3 rings (SSSR count). The highest BCUT2D eigenvalue weighted by Crippen LogP contribution is 2.33. The van der Waals surface area contributed by atoms with Crippen molar-refractivity contribution in [3.05, 3.63) is 96.6 Å². The summed E-state index contributed by atoms with van der Waals surface area (Å²) in [5.74, 6) is 0. The summed E-state index contributed by atoms with van der Waals surface area (Å²) in [5.41, 5.74) is 1.14. The van der Waals surface area contributed by atoms with Crippen LogP contribution in [0.5, 0.6) is 0 Å². The highest BCUT2D eigenvalue weighted by atomic mass is 31.1. The van der Waals surface area contributed by atoms with Crippen LogP contribution < -0.4 is 15.9 Å². The summed E-state index contributed by atoms with van der Waals surface area (Å²) in [7, 11) is -0.343. The van der Waals surface area contributed by atoms with Crippen molar-refractivity contribution in [2.45, 2.75) is 12.5 Å². The first-order chi connectivity index (χ1) is 12.9. The number of hydrogen-bond acceptors (Lipinski definition) is 2. The standard InChI is InChI=1S/C23H26NOP/c25-19-23(20-11-4-1-5-12-20)24-17-10-18-26(21-13-6-2-7-14-21)22-15-8-3-9-16-22/h1-9,11-16,23-25H,10,17-19H2/t23-/m0/s1. The van der Waals surface area contributed by atoms with E-state index in [-0.39, 0.29) is 20.6 Å². The smallest absolute Gasteiger partial charge is 0.0626 e. The lowest BCUT2D eigenvalue weighted by atomic mass is 10.1. The molecule has 0 spiro atoms. The third kappa shape index (κ3) is 5.25. The Hall–Kier alpha value is -1.99. The van der Waals surface area contributed by atoms with Crippen LogP contribution >= 0.6 is 7.92 Å². The van der Waals surface area contributed by atoms with Gasteiger partial charge in [-0.25, -0.2) is 0 Å². The Morgan fingerprint density at radius 1 is 0.731 bits per heavy atom. The molecule has 0 unspecified atom stereocenters. The van der Waals surface area contributed by atoms with Crippen molar-refractivity contribution in [1.29, 1.82) is 0 Å². The molecule has 0 aliphatic heterocycles. The van der Waals surface area contributed by atoms with E-state index in [0.717, 1.165) is 24.7 Å². The average molecular weight is 363 g/mol. The summed E-state index contributed by atoms with van der Waals surface area (Å²) < 4.78 is 0. The predicted molar refractivity (Wildman–Crippen MR) is 113 cm³/mol. The number of hydrogen-bond donors (Lipinski definition) is 2. The summed E-state index contributed by atoms with van der Waals surface area (Å²) >= 11 is 0. The van der Waals surface area contributed by atoms with Crippen molar-refractivity contribution < 1.29 is 5.11 Å². The van der Waals surface area contributed by atoms with E-state index in [1.165, 1.54) is 10.6 Å². The van der Waals surface area contributed by atoms with Gasteiger partial charge in [0.1, 0.15) is 0 Å². The highest BCUT2D eigenvalue weighted by Gasteiger charge is 2.14. The third-order valence-corrected chi connectivity index (χ3v) is 7.08. The van der Waals surface area contributed by atoms with Crippen LogP contribution in [0.3, 0.4) is 0 Å². The van der Waals surface area contributed by atoms with Crippen molar-refractivity contribution in [3.8, 4) is 0 Å². The Balaban J connectivity index is 1.60. The van der Waals surface area contributed by atoms with Gasteiger partial charge in [-0.05, 0) is 43.2 Å². The summed E-state index contributed by atoms with van der Waals surface area (Å²) in [6, 6.07) is 31.8. The molecule has 3 aromatic carbocycles. The van der Waals surface area contributed by atoms with Gasteiger partial charge in [-0.15, -0.1) is 0 Å². The fourth-order valence-corrected chi connectivity index (χ4v) is 5.46. The van der Waals surface area contributed by atoms with Crippen LogP contribution in [0.15, 0.2) is 91.0 Å². The first-order valence-electron chi connectivity index (χ1n) is 9.15. The summed E-state index contributed by atoms with van der Waals surface area (Å²) in [6.45, 7) is 1.02. The summed E-state index contributed by atoms with van der Waals surface area (Å²) in [4.78, 5) is 0. The molecule has 2 nitrogen and oxygen atoms in total. The van der Waals surface area contributed by atoms with E-state index in [1.807, 2.05) is 18.2 Å². The highest BCUT2D eigenvalue weighted by molar-refractivity contribution is 7.73. The maximum atomic E-state index is 9.69. The second kappa shape index (κ2) is 10.2. The van der Waals surface area contributed by atoms with Gasteiger partial charge in [-0.1, -0.05) is 91.0 Å². The molecule has 0 heterocycles. The van der Waals surface area contributed by atoms with E-state index in [1.54, 1.807) is 0 Å². The monoisotopic (exact) mass is 363 g/mol. The minimum Gasteiger partial charge on any atom is -0.394 e. The Morgan fingerprint density at radius 3 is 1.73 bits per heavy atom. The fraction of sp³-hybridized carbons (Fsp3) is 0.217. The molecule has 1 atom stereocenters. The van der Waals surface area contributed by atoms with E-state index in [2.05, 4.69) is 78.1 Å². The van der Waals surface area contributed by atoms with Gasteiger partial charge in [0, 0.05) is 0 Å². The molecular weight excluding hydrogens is 337 g/mol. The van der Waals surface area contributed by atoms with Gasteiger partial charge in [0.25, 0.3) is 0 Å². The predicted octanol–water partition coefficient (Wildman–Crippen LogP) is 3.83. The second-order valence-electron chi connectivity index (χ2n) is 6.28. The van der Waals surface area contributed by atoms with Gasteiger partial charge in [-0.2, -0.15) is 0 Å². The molecule has 0 saturated heterocycles. The molecule has 3 aromatic rings. The molecule has 3 heteroatoms. The van der Waals surface area contributed by atoms with Crippen LogP contribution in [0.25, 0.3) is 0 Å². The third-order valence-electron chi connectivity index (χ3n) is 4.47. The Labute approximate surface area is 157 Å². The van der Waals surface area contributed by atoms with E-state index in [4.69, 9.17) is 0 Å². The molecule has 0 radical (unpaired) electrons. The summed E-state index contributed by atoms with van der Waals surface area (Å²) in [5, 5.41) is 16.0. The van der Waals surface area contributed by atoms with Crippen molar-refractivity contribution in [3.63, 3.8) is 0 Å². The molecular formula is C23H26NOP. The lowest BCUT2D eigenvalue weighted by molar-refractivity contribution is 0.245. The van der Waals surface area contributed by atoms with Gasteiger partial charge < -0.3 is 10.4 Å². The first-order valence-corrected chi connectivity index (χ1v) is 10.7. The number of nitrogens with one attached hydrogen (secondary N) is 1. The van der Waals surface area contributed by atoms with Crippen LogP contribution in [0.1, 0.15) is 18.0 Å². The van der Waals surface area contributed by atoms with Gasteiger partial charge >= 0.3 is 0 Å². The topological polar surface area (TPSA) is 32.3 Å². The normalized spacial score (nSPS) is 12.2. The maximum Gasteiger partial charge on any atom is 0.0626 e. The van der Waals surface area contributed by atoms with Crippen LogP contribution in [-0.2, 0) is 0 Å². The number of rotatable bonds is 9. The molecule has 0 fully saturated rings. The van der Waals surface area contributed by atoms with Crippen molar-refractivity contribution in [2.75, 3.05) is 19.3 Å².